The number of methoxy groups -OCH3 is 1. The first-order chi connectivity index (χ1) is 9.43. The predicted octanol–water partition coefficient (Wildman–Crippen LogP) is 1.23. The number of carbonyl (C=O) groups is 3. The van der Waals surface area contributed by atoms with E-state index in [1.807, 2.05) is 0 Å². The SMILES string of the molecule is COc1ccc(N(C)C(=O)NC(=O)CCC(=O)O)cc1. The zero-order valence-corrected chi connectivity index (χ0v) is 11.3. The normalized spacial score (nSPS) is 9.70. The molecule has 108 valence electrons. The van der Waals surface area contributed by atoms with Crippen LogP contribution in [0.4, 0.5) is 10.5 Å². The molecule has 0 bridgehead atoms. The quantitative estimate of drug-likeness (QED) is 0.845. The van der Waals surface area contributed by atoms with E-state index in [1.54, 1.807) is 24.3 Å². The van der Waals surface area contributed by atoms with Gasteiger partial charge in [0.15, 0.2) is 0 Å². The fourth-order valence-corrected chi connectivity index (χ4v) is 1.41. The molecule has 0 radical (unpaired) electrons. The standard InChI is InChI=1S/C13H16N2O5/c1-15(9-3-5-10(20-2)6-4-9)13(19)14-11(16)7-8-12(17)18/h3-6H,7-8H2,1-2H3,(H,17,18)(H,14,16,19). The highest BCUT2D eigenvalue weighted by atomic mass is 16.5. The van der Waals surface area contributed by atoms with Gasteiger partial charge in [-0.2, -0.15) is 0 Å². The smallest absolute Gasteiger partial charge is 0.328 e. The number of amides is 3. The number of nitrogens with one attached hydrogen (secondary N) is 1. The first kappa shape index (κ1) is 15.5. The number of imide groups is 1. The number of aliphatic carboxylic acids is 1. The van der Waals surface area contributed by atoms with E-state index in [9.17, 15) is 14.4 Å². The van der Waals surface area contributed by atoms with Gasteiger partial charge in [-0.3, -0.25) is 19.8 Å². The zero-order chi connectivity index (χ0) is 15.1. The van der Waals surface area contributed by atoms with Crippen LogP contribution in [0.2, 0.25) is 0 Å². The van der Waals surface area contributed by atoms with E-state index in [2.05, 4.69) is 5.32 Å². The second kappa shape index (κ2) is 7.13. The molecule has 20 heavy (non-hydrogen) atoms. The van der Waals surface area contributed by atoms with E-state index in [0.717, 1.165) is 0 Å². The van der Waals surface area contributed by atoms with Crippen LogP contribution in [0.25, 0.3) is 0 Å². The van der Waals surface area contributed by atoms with Crippen molar-refractivity contribution < 1.29 is 24.2 Å². The molecule has 0 unspecified atom stereocenters. The maximum absolute atomic E-state index is 11.8. The molecule has 3 amide bonds. The predicted molar refractivity (Wildman–Crippen MR) is 71.8 cm³/mol. The first-order valence-electron chi connectivity index (χ1n) is 5.87. The lowest BCUT2D eigenvalue weighted by Gasteiger charge is -2.17. The Balaban J connectivity index is 2.57. The third-order valence-corrected chi connectivity index (χ3v) is 2.58. The largest absolute Gasteiger partial charge is 0.497 e. The molecule has 2 N–H and O–H groups in total. The Morgan fingerprint density at radius 3 is 2.30 bits per heavy atom. The number of benzene rings is 1. The summed E-state index contributed by atoms with van der Waals surface area (Å²) in [5.74, 6) is -1.06. The van der Waals surface area contributed by atoms with Crippen LogP contribution in [0.15, 0.2) is 24.3 Å². The Morgan fingerprint density at radius 1 is 1.20 bits per heavy atom. The molecule has 7 heteroatoms. The minimum atomic E-state index is -1.09. The van der Waals surface area contributed by atoms with Crippen LogP contribution in [0.3, 0.4) is 0 Å². The summed E-state index contributed by atoms with van der Waals surface area (Å²) in [6, 6.07) is 6.09. The average molecular weight is 280 g/mol. The molecule has 0 aromatic heterocycles. The topological polar surface area (TPSA) is 95.9 Å². The van der Waals surface area contributed by atoms with E-state index >= 15 is 0 Å². The summed E-state index contributed by atoms with van der Waals surface area (Å²) in [7, 11) is 3.04. The number of carboxylic acids is 1. The summed E-state index contributed by atoms with van der Waals surface area (Å²) >= 11 is 0. The van der Waals surface area contributed by atoms with Gasteiger partial charge in [-0.15, -0.1) is 0 Å². The Morgan fingerprint density at radius 2 is 1.80 bits per heavy atom. The summed E-state index contributed by atoms with van der Waals surface area (Å²) in [6.45, 7) is 0. The van der Waals surface area contributed by atoms with E-state index in [1.165, 1.54) is 19.1 Å². The van der Waals surface area contributed by atoms with Crippen LogP contribution in [-0.4, -0.2) is 37.2 Å². The van der Waals surface area contributed by atoms with E-state index in [4.69, 9.17) is 9.84 Å². The van der Waals surface area contributed by atoms with Crippen molar-refractivity contribution in [3.8, 4) is 5.75 Å². The number of nitrogens with zero attached hydrogens (tertiary/aromatic N) is 1. The lowest BCUT2D eigenvalue weighted by atomic mass is 10.3. The van der Waals surface area contributed by atoms with Gasteiger partial charge in [-0.1, -0.05) is 0 Å². The number of hydrogen-bond acceptors (Lipinski definition) is 4. The van der Waals surface area contributed by atoms with Crippen molar-refractivity contribution in [3.63, 3.8) is 0 Å². The second-order valence-corrected chi connectivity index (χ2v) is 4.00. The van der Waals surface area contributed by atoms with Crippen LogP contribution in [0.5, 0.6) is 5.75 Å². The number of rotatable bonds is 5. The molecule has 7 nitrogen and oxygen atoms in total. The van der Waals surface area contributed by atoms with Gasteiger partial charge in [0.2, 0.25) is 5.91 Å². The Kier molecular flexibility index (Phi) is 5.52. The summed E-state index contributed by atoms with van der Waals surface area (Å²) in [5, 5.41) is 10.6. The van der Waals surface area contributed by atoms with Gasteiger partial charge in [-0.25, -0.2) is 4.79 Å². The fraction of sp³-hybridized carbons (Fsp3) is 0.308. The van der Waals surface area contributed by atoms with Gasteiger partial charge in [0.05, 0.1) is 13.5 Å². The number of ether oxygens (including phenoxy) is 1. The van der Waals surface area contributed by atoms with Crippen LogP contribution in [0.1, 0.15) is 12.8 Å². The fourth-order valence-electron chi connectivity index (χ4n) is 1.41. The molecular weight excluding hydrogens is 264 g/mol. The summed E-state index contributed by atoms with van der Waals surface area (Å²) in [5.41, 5.74) is 0.578. The first-order valence-corrected chi connectivity index (χ1v) is 5.87. The minimum absolute atomic E-state index is 0.239. The van der Waals surface area contributed by atoms with Gasteiger partial charge in [0.1, 0.15) is 5.75 Å². The Hall–Kier alpha value is -2.57. The highest BCUT2D eigenvalue weighted by Crippen LogP contribution is 2.18. The third kappa shape index (κ3) is 4.60. The molecule has 0 aliphatic carbocycles. The van der Waals surface area contributed by atoms with Gasteiger partial charge < -0.3 is 9.84 Å². The minimum Gasteiger partial charge on any atom is -0.497 e. The maximum atomic E-state index is 11.8. The van der Waals surface area contributed by atoms with E-state index < -0.39 is 17.9 Å². The van der Waals surface area contributed by atoms with Crippen molar-refractivity contribution in [1.29, 1.82) is 0 Å². The number of hydrogen-bond donors (Lipinski definition) is 2. The van der Waals surface area contributed by atoms with Crippen LogP contribution in [-0.2, 0) is 9.59 Å². The number of anilines is 1. The zero-order valence-electron chi connectivity index (χ0n) is 11.3. The molecular formula is C13H16N2O5. The van der Waals surface area contributed by atoms with Crippen molar-refractivity contribution in [3.05, 3.63) is 24.3 Å². The van der Waals surface area contributed by atoms with Gasteiger partial charge >= 0.3 is 12.0 Å². The molecule has 0 fully saturated rings. The Bertz CT molecular complexity index is 498. The molecule has 1 rings (SSSR count). The van der Waals surface area contributed by atoms with Crippen LogP contribution >= 0.6 is 0 Å². The summed E-state index contributed by atoms with van der Waals surface area (Å²) in [4.78, 5) is 34.7. The molecule has 0 aliphatic heterocycles. The van der Waals surface area contributed by atoms with E-state index in [0.29, 0.717) is 11.4 Å². The molecule has 0 spiro atoms. The molecule has 0 saturated carbocycles. The molecule has 0 aliphatic rings. The molecule has 1 aromatic carbocycles. The molecule has 0 saturated heterocycles. The number of carboxylic acid groups (broad SMARTS) is 1. The molecule has 1 aromatic rings. The van der Waals surface area contributed by atoms with Gasteiger partial charge in [-0.05, 0) is 24.3 Å². The number of carbonyl (C=O) groups excluding carboxylic acids is 2. The van der Waals surface area contributed by atoms with Crippen molar-refractivity contribution in [1.82, 2.24) is 5.32 Å². The second-order valence-electron chi connectivity index (χ2n) is 4.00. The monoisotopic (exact) mass is 280 g/mol. The highest BCUT2D eigenvalue weighted by molar-refractivity contribution is 6.02. The van der Waals surface area contributed by atoms with E-state index in [-0.39, 0.29) is 12.8 Å². The molecule has 0 atom stereocenters. The Labute approximate surface area is 116 Å². The number of urea groups is 1. The van der Waals surface area contributed by atoms with Crippen molar-refractivity contribution >= 4 is 23.6 Å². The summed E-state index contributed by atoms with van der Waals surface area (Å²) in [6.07, 6.45) is -0.553. The molecule has 0 heterocycles. The maximum Gasteiger partial charge on any atom is 0.328 e. The van der Waals surface area contributed by atoms with Crippen LogP contribution in [0, 0.1) is 0 Å². The summed E-state index contributed by atoms with van der Waals surface area (Å²) < 4.78 is 5.00. The lowest BCUT2D eigenvalue weighted by molar-refractivity contribution is -0.138. The third-order valence-electron chi connectivity index (χ3n) is 2.58. The van der Waals surface area contributed by atoms with Gasteiger partial charge in [0.25, 0.3) is 0 Å². The van der Waals surface area contributed by atoms with Crippen molar-refractivity contribution in [2.45, 2.75) is 12.8 Å². The average Bonchev–Trinajstić information content (AvgIpc) is 2.44. The van der Waals surface area contributed by atoms with Gasteiger partial charge in [0, 0.05) is 19.2 Å². The van der Waals surface area contributed by atoms with Crippen LogP contribution < -0.4 is 15.0 Å². The van der Waals surface area contributed by atoms with Crippen molar-refractivity contribution in [2.24, 2.45) is 0 Å². The lowest BCUT2D eigenvalue weighted by Crippen LogP contribution is -2.40. The van der Waals surface area contributed by atoms with Crippen molar-refractivity contribution in [2.75, 3.05) is 19.1 Å². The highest BCUT2D eigenvalue weighted by Gasteiger charge is 2.14.